The molecule has 6 heteroatoms. The van der Waals surface area contributed by atoms with Crippen molar-refractivity contribution in [1.29, 1.82) is 0 Å². The van der Waals surface area contributed by atoms with E-state index in [1.165, 1.54) is 17.0 Å². The van der Waals surface area contributed by atoms with Gasteiger partial charge in [0.05, 0.1) is 23.0 Å². The molecule has 116 valence electrons. The molecule has 4 rings (SSSR count). The third-order valence-corrected chi connectivity index (χ3v) is 5.70. The number of ether oxygens (including phenoxy) is 1. The molecule has 2 aromatic heterocycles. The van der Waals surface area contributed by atoms with E-state index in [0.29, 0.717) is 12.0 Å². The van der Waals surface area contributed by atoms with Gasteiger partial charge in [-0.25, -0.2) is 15.0 Å². The van der Waals surface area contributed by atoms with Gasteiger partial charge in [0.15, 0.2) is 0 Å². The van der Waals surface area contributed by atoms with Gasteiger partial charge < -0.3 is 4.74 Å². The molecule has 2 aliphatic rings. The molecule has 0 radical (unpaired) electrons. The fourth-order valence-electron chi connectivity index (χ4n) is 3.50. The van der Waals surface area contributed by atoms with Gasteiger partial charge in [-0.05, 0) is 38.3 Å². The second-order valence-corrected chi connectivity index (χ2v) is 7.12. The van der Waals surface area contributed by atoms with Crippen molar-refractivity contribution in [2.75, 3.05) is 13.1 Å². The minimum Gasteiger partial charge on any atom is -0.367 e. The average Bonchev–Trinajstić information content (AvgIpc) is 3.14. The number of fused-ring (bicyclic) bond motifs is 1. The molecule has 0 saturated carbocycles. The van der Waals surface area contributed by atoms with E-state index in [9.17, 15) is 0 Å². The van der Waals surface area contributed by atoms with Crippen LogP contribution in [0.4, 0.5) is 0 Å². The monoisotopic (exact) mass is 316 g/mol. The zero-order valence-electron chi connectivity index (χ0n) is 12.7. The molecular weight excluding hydrogens is 296 g/mol. The Hall–Kier alpha value is -1.37. The van der Waals surface area contributed by atoms with E-state index in [2.05, 4.69) is 26.8 Å². The lowest BCUT2D eigenvalue weighted by Crippen LogP contribution is -2.41. The Balaban J connectivity index is 1.40. The van der Waals surface area contributed by atoms with Gasteiger partial charge in [-0.1, -0.05) is 0 Å². The highest BCUT2D eigenvalue weighted by Gasteiger charge is 2.40. The highest BCUT2D eigenvalue weighted by molar-refractivity contribution is 7.09. The molecule has 0 amide bonds. The predicted octanol–water partition coefficient (Wildman–Crippen LogP) is 2.59. The van der Waals surface area contributed by atoms with Gasteiger partial charge in [0.25, 0.3) is 0 Å². The summed E-state index contributed by atoms with van der Waals surface area (Å²) in [5.74, 6) is 0.666. The normalized spacial score (nSPS) is 28.7. The minimum absolute atomic E-state index is 0.142. The molecule has 0 bridgehead atoms. The lowest BCUT2D eigenvalue weighted by atomic mass is 9.91. The molecule has 2 saturated heterocycles. The van der Waals surface area contributed by atoms with Gasteiger partial charge in [-0.2, -0.15) is 0 Å². The van der Waals surface area contributed by atoms with E-state index in [0.717, 1.165) is 31.7 Å². The van der Waals surface area contributed by atoms with Crippen molar-refractivity contribution in [2.45, 2.75) is 38.5 Å². The summed E-state index contributed by atoms with van der Waals surface area (Å²) in [4.78, 5) is 16.6. The first-order chi connectivity index (χ1) is 10.8. The molecule has 3 atom stereocenters. The number of piperidine rings is 1. The fraction of sp³-hybridized carbons (Fsp3) is 0.562. The van der Waals surface area contributed by atoms with Crippen molar-refractivity contribution in [3.63, 3.8) is 0 Å². The summed E-state index contributed by atoms with van der Waals surface area (Å²) in [6.45, 7) is 5.26. The lowest BCUT2D eigenvalue weighted by Gasteiger charge is -2.33. The second-order valence-electron chi connectivity index (χ2n) is 6.18. The Kier molecular flexibility index (Phi) is 3.90. The predicted molar refractivity (Wildman–Crippen MR) is 84.5 cm³/mol. The topological polar surface area (TPSA) is 51.1 Å². The third kappa shape index (κ3) is 2.78. The largest absolute Gasteiger partial charge is 0.367 e. The number of rotatable bonds is 3. The van der Waals surface area contributed by atoms with Crippen molar-refractivity contribution in [1.82, 2.24) is 19.9 Å². The summed E-state index contributed by atoms with van der Waals surface area (Å²) in [7, 11) is 0. The van der Waals surface area contributed by atoms with Crippen LogP contribution < -0.4 is 0 Å². The van der Waals surface area contributed by atoms with Crippen molar-refractivity contribution in [3.05, 3.63) is 40.4 Å². The molecule has 2 aliphatic heterocycles. The molecule has 0 spiro atoms. The first kappa shape index (κ1) is 14.2. The zero-order chi connectivity index (χ0) is 14.9. The number of likely N-dealkylation sites (tertiary alicyclic amines) is 1. The number of nitrogens with zero attached hydrogens (tertiary/aromatic N) is 4. The van der Waals surface area contributed by atoms with Crippen LogP contribution in [0.5, 0.6) is 0 Å². The van der Waals surface area contributed by atoms with Gasteiger partial charge >= 0.3 is 0 Å². The molecule has 2 aromatic rings. The van der Waals surface area contributed by atoms with Crippen LogP contribution in [-0.2, 0) is 11.3 Å². The minimum atomic E-state index is 0.142. The van der Waals surface area contributed by atoms with Crippen LogP contribution >= 0.6 is 11.3 Å². The molecule has 0 aliphatic carbocycles. The van der Waals surface area contributed by atoms with E-state index < -0.39 is 0 Å². The first-order valence-corrected chi connectivity index (χ1v) is 8.70. The summed E-state index contributed by atoms with van der Waals surface area (Å²) < 4.78 is 6.29. The maximum absolute atomic E-state index is 6.29. The fourth-order valence-corrected chi connectivity index (χ4v) is 4.32. The van der Waals surface area contributed by atoms with Crippen LogP contribution in [0.2, 0.25) is 0 Å². The van der Waals surface area contributed by atoms with E-state index in [1.807, 2.05) is 11.6 Å². The summed E-state index contributed by atoms with van der Waals surface area (Å²) in [6, 6.07) is 1.97. The third-order valence-electron chi connectivity index (χ3n) is 4.78. The summed E-state index contributed by atoms with van der Waals surface area (Å²) in [5.41, 5.74) is 4.13. The molecular formula is C16H20N4OS. The van der Waals surface area contributed by atoms with E-state index in [4.69, 9.17) is 4.74 Å². The standard InChI is InChI=1S/C16H20N4OS/c1-11-16(22-10-19-11)8-20-5-3-12-6-14(21-15(12)7-20)13-2-4-17-9-18-13/h2,4,9-10,12,14-15H,3,5-8H2,1H3/t12-,14+,15+/m1/s1. The Morgan fingerprint density at radius 1 is 1.41 bits per heavy atom. The van der Waals surface area contributed by atoms with Gasteiger partial charge in [0.2, 0.25) is 0 Å². The first-order valence-electron chi connectivity index (χ1n) is 7.82. The maximum Gasteiger partial charge on any atom is 0.115 e. The van der Waals surface area contributed by atoms with Crippen LogP contribution in [0.25, 0.3) is 0 Å². The lowest BCUT2D eigenvalue weighted by molar-refractivity contribution is -0.0105. The number of aryl methyl sites for hydroxylation is 1. The van der Waals surface area contributed by atoms with Gasteiger partial charge in [0.1, 0.15) is 12.4 Å². The van der Waals surface area contributed by atoms with Crippen LogP contribution in [0.3, 0.4) is 0 Å². The highest BCUT2D eigenvalue weighted by Crippen LogP contribution is 2.40. The van der Waals surface area contributed by atoms with Crippen LogP contribution in [0.15, 0.2) is 24.1 Å². The Morgan fingerprint density at radius 2 is 2.36 bits per heavy atom. The summed E-state index contributed by atoms with van der Waals surface area (Å²) >= 11 is 1.76. The SMILES string of the molecule is Cc1ncsc1CN1CC[C@@H]2C[C@@H](c3ccncn3)O[C@H]2C1. The molecule has 4 heterocycles. The van der Waals surface area contributed by atoms with Crippen molar-refractivity contribution >= 4 is 11.3 Å². The molecule has 5 nitrogen and oxygen atoms in total. The number of hydrogen-bond acceptors (Lipinski definition) is 6. The molecule has 0 aromatic carbocycles. The second kappa shape index (κ2) is 6.02. The van der Waals surface area contributed by atoms with Crippen LogP contribution in [0.1, 0.15) is 35.2 Å². The van der Waals surface area contributed by atoms with Gasteiger partial charge in [-0.3, -0.25) is 4.90 Å². The van der Waals surface area contributed by atoms with Crippen molar-refractivity contribution in [2.24, 2.45) is 5.92 Å². The number of hydrogen-bond donors (Lipinski definition) is 0. The van der Waals surface area contributed by atoms with E-state index in [-0.39, 0.29) is 6.10 Å². The highest BCUT2D eigenvalue weighted by atomic mass is 32.1. The van der Waals surface area contributed by atoms with E-state index in [1.54, 1.807) is 23.9 Å². The molecule has 22 heavy (non-hydrogen) atoms. The summed E-state index contributed by atoms with van der Waals surface area (Å²) in [5, 5.41) is 0. The average molecular weight is 316 g/mol. The Bertz CT molecular complexity index is 632. The smallest absolute Gasteiger partial charge is 0.115 e. The van der Waals surface area contributed by atoms with Gasteiger partial charge in [0, 0.05) is 24.2 Å². The van der Waals surface area contributed by atoms with Crippen LogP contribution in [-0.4, -0.2) is 39.0 Å². The number of thiazole rings is 1. The van der Waals surface area contributed by atoms with E-state index >= 15 is 0 Å². The number of aromatic nitrogens is 3. The van der Waals surface area contributed by atoms with Crippen molar-refractivity contribution in [3.8, 4) is 0 Å². The maximum atomic E-state index is 6.29. The zero-order valence-corrected chi connectivity index (χ0v) is 13.5. The molecule has 2 fully saturated rings. The Morgan fingerprint density at radius 3 is 3.14 bits per heavy atom. The van der Waals surface area contributed by atoms with Gasteiger partial charge in [-0.15, -0.1) is 11.3 Å². The van der Waals surface area contributed by atoms with Crippen LogP contribution in [0, 0.1) is 12.8 Å². The van der Waals surface area contributed by atoms with Crippen molar-refractivity contribution < 1.29 is 4.74 Å². The summed E-state index contributed by atoms with van der Waals surface area (Å²) in [6.07, 6.45) is 6.19. The Labute approximate surface area is 134 Å². The quantitative estimate of drug-likeness (QED) is 0.871. The molecule has 0 unspecified atom stereocenters. The molecule has 0 N–H and O–H groups in total.